The first kappa shape index (κ1) is 27.5. The van der Waals surface area contributed by atoms with Crippen LogP contribution in [0.5, 0.6) is 0 Å². The average molecular weight is 549 g/mol. The highest BCUT2D eigenvalue weighted by atomic mass is 35.5. The lowest BCUT2D eigenvalue weighted by Crippen LogP contribution is -2.47. The largest absolute Gasteiger partial charge is 0.453 e. The van der Waals surface area contributed by atoms with Crippen molar-refractivity contribution in [2.24, 2.45) is 0 Å². The van der Waals surface area contributed by atoms with E-state index in [-0.39, 0.29) is 23.5 Å². The second-order valence-corrected chi connectivity index (χ2v) is 9.73. The molecule has 4 rings (SSSR count). The molecule has 2 aromatic carbocycles. The Bertz CT molecular complexity index is 1300. The molecule has 0 radical (unpaired) electrons. The lowest BCUT2D eigenvalue weighted by atomic mass is 9.89. The van der Waals surface area contributed by atoms with Crippen molar-refractivity contribution >= 4 is 40.2 Å². The molecule has 1 atom stereocenters. The van der Waals surface area contributed by atoms with Crippen molar-refractivity contribution in [3.63, 3.8) is 0 Å². The second-order valence-electron chi connectivity index (χ2n) is 9.29. The summed E-state index contributed by atoms with van der Waals surface area (Å²) in [6.07, 6.45) is -2.77. The van der Waals surface area contributed by atoms with Gasteiger partial charge < -0.3 is 20.3 Å². The molecule has 0 aliphatic heterocycles. The molecule has 1 heterocycles. The smallest absolute Gasteiger partial charge is 0.433 e. The van der Waals surface area contributed by atoms with Crippen LogP contribution in [0.3, 0.4) is 0 Å². The van der Waals surface area contributed by atoms with Gasteiger partial charge in [-0.05, 0) is 55.5 Å². The summed E-state index contributed by atoms with van der Waals surface area (Å²) >= 11 is 6.15. The zero-order chi connectivity index (χ0) is 27.4. The summed E-state index contributed by atoms with van der Waals surface area (Å²) in [6.45, 7) is 0. The lowest BCUT2D eigenvalue weighted by molar-refractivity contribution is -0.140. The van der Waals surface area contributed by atoms with E-state index in [9.17, 15) is 22.8 Å². The normalized spacial score (nSPS) is 18.5. The molecule has 0 unspecified atom stereocenters. The molecule has 0 bridgehead atoms. The summed E-state index contributed by atoms with van der Waals surface area (Å²) in [7, 11) is 3.00. The number of pyridine rings is 1. The molecule has 3 aromatic rings. The van der Waals surface area contributed by atoms with Crippen LogP contribution in [-0.2, 0) is 15.7 Å². The number of hydrogen-bond acceptors (Lipinski definition) is 5. The number of halogens is 4. The molecular formula is C27H28ClF3N4O3. The van der Waals surface area contributed by atoms with Crippen LogP contribution in [0.15, 0.2) is 54.6 Å². The number of amides is 2. The first-order valence-electron chi connectivity index (χ1n) is 12.2. The summed E-state index contributed by atoms with van der Waals surface area (Å²) < 4.78 is 45.4. The molecule has 11 heteroatoms. The van der Waals surface area contributed by atoms with E-state index < -0.39 is 24.0 Å². The van der Waals surface area contributed by atoms with E-state index in [1.165, 1.54) is 19.2 Å². The Balaban J connectivity index is 1.47. The van der Waals surface area contributed by atoms with E-state index in [2.05, 4.69) is 20.4 Å². The first-order chi connectivity index (χ1) is 18.1. The number of nitrogens with zero attached hydrogens (tertiary/aromatic N) is 2. The number of alkyl halides is 3. The Morgan fingerprint density at radius 2 is 1.76 bits per heavy atom. The van der Waals surface area contributed by atoms with Crippen LogP contribution < -0.4 is 15.5 Å². The molecule has 1 aromatic heterocycles. The quantitative estimate of drug-likeness (QED) is 0.403. The maximum atomic E-state index is 13.6. The van der Waals surface area contributed by atoms with Gasteiger partial charge in [-0.2, -0.15) is 13.2 Å². The topological polar surface area (TPSA) is 83.6 Å². The van der Waals surface area contributed by atoms with Gasteiger partial charge >= 0.3 is 12.3 Å². The number of fused-ring (bicyclic) bond motifs is 1. The van der Waals surface area contributed by atoms with Gasteiger partial charge in [0.15, 0.2) is 0 Å². The molecule has 2 amide bonds. The van der Waals surface area contributed by atoms with Crippen LogP contribution >= 0.6 is 11.6 Å². The van der Waals surface area contributed by atoms with Crippen molar-refractivity contribution in [1.82, 2.24) is 15.6 Å². The fourth-order valence-electron chi connectivity index (χ4n) is 4.83. The lowest BCUT2D eigenvalue weighted by Gasteiger charge is -2.37. The number of nitrogens with one attached hydrogen (secondary N) is 2. The molecular weight excluding hydrogens is 521 g/mol. The maximum absolute atomic E-state index is 13.6. The monoisotopic (exact) mass is 548 g/mol. The Morgan fingerprint density at radius 1 is 1.08 bits per heavy atom. The van der Waals surface area contributed by atoms with Gasteiger partial charge in [-0.25, -0.2) is 9.78 Å². The number of carbonyl (C=O) groups is 2. The molecule has 1 aliphatic rings. The van der Waals surface area contributed by atoms with Gasteiger partial charge in [0.2, 0.25) is 5.91 Å². The second kappa shape index (κ2) is 11.5. The highest BCUT2D eigenvalue weighted by molar-refractivity contribution is 6.31. The van der Waals surface area contributed by atoms with Crippen LogP contribution in [0.1, 0.15) is 43.0 Å². The Morgan fingerprint density at radius 3 is 2.39 bits per heavy atom. The van der Waals surface area contributed by atoms with Crippen molar-refractivity contribution in [3.8, 4) is 0 Å². The molecule has 1 aliphatic carbocycles. The number of ether oxygens (including phenoxy) is 1. The van der Waals surface area contributed by atoms with Crippen LogP contribution in [0, 0.1) is 0 Å². The minimum absolute atomic E-state index is 0.0491. The SMILES string of the molecule is COC(=O)N[C@@H](C(=O)N[C@H]1CC[C@@H](N(C)c2cc(C(F)(F)F)nc3ccc(Cl)cc23)CC1)c1ccccc1. The van der Waals surface area contributed by atoms with E-state index in [4.69, 9.17) is 11.6 Å². The van der Waals surface area contributed by atoms with Crippen molar-refractivity contribution in [1.29, 1.82) is 0 Å². The van der Waals surface area contributed by atoms with E-state index >= 15 is 0 Å². The number of anilines is 1. The zero-order valence-corrected chi connectivity index (χ0v) is 21.6. The molecule has 38 heavy (non-hydrogen) atoms. The van der Waals surface area contributed by atoms with E-state index in [1.54, 1.807) is 37.4 Å². The highest BCUT2D eigenvalue weighted by Gasteiger charge is 2.35. The summed E-state index contributed by atoms with van der Waals surface area (Å²) in [6, 6.07) is 13.4. The summed E-state index contributed by atoms with van der Waals surface area (Å²) in [5.41, 5.74) is 0.286. The van der Waals surface area contributed by atoms with Crippen LogP contribution in [0.25, 0.3) is 10.9 Å². The minimum atomic E-state index is -4.58. The Hall–Kier alpha value is -3.53. The Kier molecular flexibility index (Phi) is 8.30. The van der Waals surface area contributed by atoms with Crippen LogP contribution in [0.4, 0.5) is 23.7 Å². The predicted octanol–water partition coefficient (Wildman–Crippen LogP) is 5.87. The van der Waals surface area contributed by atoms with Gasteiger partial charge in [-0.15, -0.1) is 0 Å². The van der Waals surface area contributed by atoms with Crippen molar-refractivity contribution in [2.75, 3.05) is 19.1 Å². The van der Waals surface area contributed by atoms with Gasteiger partial charge in [-0.3, -0.25) is 4.79 Å². The van der Waals surface area contributed by atoms with Gasteiger partial charge in [0.25, 0.3) is 0 Å². The Labute approximate surface area is 223 Å². The number of alkyl carbamates (subject to hydrolysis) is 1. The third kappa shape index (κ3) is 6.30. The van der Waals surface area contributed by atoms with Crippen molar-refractivity contribution < 1.29 is 27.5 Å². The van der Waals surface area contributed by atoms with Crippen LogP contribution in [0.2, 0.25) is 5.02 Å². The van der Waals surface area contributed by atoms with Crippen LogP contribution in [-0.4, -0.2) is 43.2 Å². The summed E-state index contributed by atoms with van der Waals surface area (Å²) in [4.78, 5) is 30.6. The molecule has 0 saturated heterocycles. The average Bonchev–Trinajstić information content (AvgIpc) is 2.90. The zero-order valence-electron chi connectivity index (χ0n) is 20.9. The van der Waals surface area contributed by atoms with Gasteiger partial charge in [0, 0.05) is 35.2 Å². The standard InChI is InChI=1S/C27H28ClF3N4O3/c1-35(22-15-23(27(29,30)31)33-21-13-8-17(28)14-20(21)22)19-11-9-18(10-12-19)32-25(36)24(34-26(37)38-2)16-6-4-3-5-7-16/h3-8,13-15,18-19,24H,9-12H2,1-2H3,(H,32,36)(H,34,37)/t18-,19+,24-/m1/s1. The third-order valence-corrected chi connectivity index (χ3v) is 7.09. The minimum Gasteiger partial charge on any atom is -0.453 e. The number of rotatable bonds is 6. The number of hydrogen-bond donors (Lipinski definition) is 2. The van der Waals surface area contributed by atoms with Gasteiger partial charge in [-0.1, -0.05) is 41.9 Å². The van der Waals surface area contributed by atoms with Gasteiger partial charge in [0.1, 0.15) is 11.7 Å². The first-order valence-corrected chi connectivity index (χ1v) is 12.5. The van der Waals surface area contributed by atoms with Gasteiger partial charge in [0.05, 0.1) is 12.6 Å². The highest BCUT2D eigenvalue weighted by Crippen LogP contribution is 2.37. The molecule has 0 spiro atoms. The number of benzene rings is 2. The maximum Gasteiger partial charge on any atom is 0.433 e. The molecule has 1 saturated carbocycles. The molecule has 7 nitrogen and oxygen atoms in total. The molecule has 1 fully saturated rings. The van der Waals surface area contributed by atoms with Crippen molar-refractivity contribution in [3.05, 3.63) is 70.9 Å². The number of methoxy groups -OCH3 is 1. The number of carbonyl (C=O) groups excluding carboxylic acids is 2. The fourth-order valence-corrected chi connectivity index (χ4v) is 5.00. The predicted molar refractivity (Wildman–Crippen MR) is 139 cm³/mol. The fraction of sp³-hybridized carbons (Fsp3) is 0.370. The summed E-state index contributed by atoms with van der Waals surface area (Å²) in [5, 5.41) is 6.53. The van der Waals surface area contributed by atoms with E-state index in [0.29, 0.717) is 47.3 Å². The molecule has 202 valence electrons. The molecule has 2 N–H and O–H groups in total. The summed E-state index contributed by atoms with van der Waals surface area (Å²) in [5.74, 6) is -0.358. The number of aromatic nitrogens is 1. The third-order valence-electron chi connectivity index (χ3n) is 6.85. The van der Waals surface area contributed by atoms with E-state index in [1.807, 2.05) is 11.0 Å². The van der Waals surface area contributed by atoms with Crippen molar-refractivity contribution in [2.45, 2.75) is 50.0 Å². The van der Waals surface area contributed by atoms with E-state index in [0.717, 1.165) is 6.07 Å².